The Labute approximate surface area is 423 Å². The van der Waals surface area contributed by atoms with Crippen LogP contribution >= 0.6 is 7.82 Å². The van der Waals surface area contributed by atoms with Crippen molar-refractivity contribution in [1.82, 2.24) is 0 Å². The van der Waals surface area contributed by atoms with Crippen LogP contribution < -0.4 is 0 Å². The lowest BCUT2D eigenvalue weighted by molar-refractivity contribution is -0.161. The maximum Gasteiger partial charge on any atom is 0.472 e. The van der Waals surface area contributed by atoms with Crippen LogP contribution in [0.4, 0.5) is 0 Å². The maximum atomic E-state index is 12.8. The van der Waals surface area contributed by atoms with Gasteiger partial charge < -0.3 is 24.2 Å². The lowest BCUT2D eigenvalue weighted by Gasteiger charge is -2.21. The number of unbranched alkanes of at least 4 members (excludes halogenated alkanes) is 7. The summed E-state index contributed by atoms with van der Waals surface area (Å²) in [6.07, 6.45) is 63.2. The number of phosphoric ester groups is 1. The van der Waals surface area contributed by atoms with E-state index >= 15 is 0 Å². The molecule has 0 aromatic carbocycles. The largest absolute Gasteiger partial charge is 0.472 e. The van der Waals surface area contributed by atoms with Gasteiger partial charge in [0.15, 0.2) is 6.10 Å². The number of allylic oxidation sites excluding steroid dienone is 22. The molecule has 3 unspecified atom stereocenters. The molecule has 70 heavy (non-hydrogen) atoms. The fraction of sp³-hybridized carbons (Fsp3) is 0.569. The molecule has 0 aromatic rings. The van der Waals surface area contributed by atoms with Crippen molar-refractivity contribution < 1.29 is 52.2 Å². The van der Waals surface area contributed by atoms with Crippen LogP contribution in [0.5, 0.6) is 0 Å². The zero-order chi connectivity index (χ0) is 51.3. The minimum absolute atomic E-state index is 0.0199. The summed E-state index contributed by atoms with van der Waals surface area (Å²) in [5.41, 5.74) is 0. The van der Waals surface area contributed by atoms with Crippen molar-refractivity contribution in [3.63, 3.8) is 0 Å². The standard InChI is InChI=1S/C58H91O11P/c1-4-7-10-13-16-19-22-24-25-26-27-28-29-31-34-37-40-43-46-49-58(62)69-55(51-65-56(60)47-44-41-38-35-33-30-23-20-17-14-11-8-5-2)53-67-70(63,64)66-52-54(50-59)68-57(61)48-45-42-39-36-32-21-18-15-12-9-6-3/h7-8,10-11,15-20,24-25,27-28,30-31,33-34,38,40-41,43,54-55,59H,4-6,9,12-14,21-23,26,29,32,35-37,39,42,44-53H2,1-3H3,(H,63,64)/b10-7-,11-8-,18-15-,19-16-,20-17-,25-24-,28-27-,33-30-,34-31-,41-38-,43-40-. The first-order valence-electron chi connectivity index (χ1n) is 26.1. The van der Waals surface area contributed by atoms with Gasteiger partial charge in [-0.25, -0.2) is 4.57 Å². The molecule has 0 saturated carbocycles. The molecule has 0 bridgehead atoms. The summed E-state index contributed by atoms with van der Waals surface area (Å²) >= 11 is 0. The van der Waals surface area contributed by atoms with Crippen LogP contribution in [0.3, 0.4) is 0 Å². The number of ether oxygens (including phenoxy) is 3. The number of rotatable bonds is 46. The molecule has 0 heterocycles. The Hall–Kier alpha value is -4.38. The SMILES string of the molecule is CC/C=C\C/C=C\C/C=C\C/C=C\C/C=C\C/C=C\CCC(=O)OC(COC(=O)CC/C=C\C/C=C\C/C=C\C/C=C\CC)COP(=O)(O)OCC(CO)OC(=O)CCCCCCC/C=C\CCCC. The molecular weight excluding hydrogens is 904 g/mol. The lowest BCUT2D eigenvalue weighted by atomic mass is 10.1. The Bertz CT molecular complexity index is 1680. The Kier molecular flexibility index (Phi) is 47.8. The lowest BCUT2D eigenvalue weighted by Crippen LogP contribution is -2.30. The molecule has 0 radical (unpaired) electrons. The van der Waals surface area contributed by atoms with Gasteiger partial charge in [0.05, 0.1) is 19.8 Å². The highest BCUT2D eigenvalue weighted by molar-refractivity contribution is 7.47. The van der Waals surface area contributed by atoms with Gasteiger partial charge in [0.25, 0.3) is 0 Å². The summed E-state index contributed by atoms with van der Waals surface area (Å²) in [6, 6.07) is 0. The van der Waals surface area contributed by atoms with Gasteiger partial charge in [0.2, 0.25) is 0 Å². The molecule has 0 aliphatic heterocycles. The van der Waals surface area contributed by atoms with Gasteiger partial charge >= 0.3 is 25.7 Å². The fourth-order valence-electron chi connectivity index (χ4n) is 6.14. The number of aliphatic hydroxyl groups is 1. The number of phosphoric acid groups is 1. The van der Waals surface area contributed by atoms with E-state index in [2.05, 4.69) is 130 Å². The van der Waals surface area contributed by atoms with E-state index in [0.29, 0.717) is 25.7 Å². The molecular formula is C58H91O11P. The first-order valence-corrected chi connectivity index (χ1v) is 27.6. The minimum atomic E-state index is -4.79. The molecule has 394 valence electrons. The molecule has 0 saturated heterocycles. The highest BCUT2D eigenvalue weighted by Gasteiger charge is 2.28. The van der Waals surface area contributed by atoms with Crippen LogP contribution in [-0.2, 0) is 42.2 Å². The van der Waals surface area contributed by atoms with Gasteiger partial charge in [-0.2, -0.15) is 0 Å². The van der Waals surface area contributed by atoms with Gasteiger partial charge in [-0.05, 0) is 103 Å². The summed E-state index contributed by atoms with van der Waals surface area (Å²) in [6.45, 7) is 4.15. The average Bonchev–Trinajstić information content (AvgIpc) is 3.35. The topological polar surface area (TPSA) is 155 Å². The molecule has 11 nitrogen and oxygen atoms in total. The zero-order valence-electron chi connectivity index (χ0n) is 43.2. The molecule has 0 aliphatic carbocycles. The van der Waals surface area contributed by atoms with Gasteiger partial charge in [0, 0.05) is 19.3 Å². The van der Waals surface area contributed by atoms with Crippen LogP contribution in [0.2, 0.25) is 0 Å². The summed E-state index contributed by atoms with van der Waals surface area (Å²) in [5.74, 6) is -1.70. The zero-order valence-corrected chi connectivity index (χ0v) is 44.1. The Morgan fingerprint density at radius 2 is 0.771 bits per heavy atom. The smallest absolute Gasteiger partial charge is 0.462 e. The van der Waals surface area contributed by atoms with E-state index in [-0.39, 0.29) is 19.3 Å². The van der Waals surface area contributed by atoms with Crippen molar-refractivity contribution in [3.05, 3.63) is 134 Å². The van der Waals surface area contributed by atoms with E-state index in [0.717, 1.165) is 96.3 Å². The second-order valence-corrected chi connectivity index (χ2v) is 18.0. The van der Waals surface area contributed by atoms with Gasteiger partial charge in [-0.1, -0.05) is 187 Å². The first kappa shape index (κ1) is 65.6. The van der Waals surface area contributed by atoms with Crippen molar-refractivity contribution >= 4 is 25.7 Å². The highest BCUT2D eigenvalue weighted by Crippen LogP contribution is 2.43. The Morgan fingerprint density at radius 1 is 0.414 bits per heavy atom. The van der Waals surface area contributed by atoms with E-state index in [1.165, 1.54) is 12.8 Å². The van der Waals surface area contributed by atoms with E-state index < -0.39 is 64.4 Å². The Balaban J connectivity index is 4.97. The van der Waals surface area contributed by atoms with Gasteiger partial charge in [-0.15, -0.1) is 0 Å². The molecule has 2 N–H and O–H groups in total. The fourth-order valence-corrected chi connectivity index (χ4v) is 6.92. The number of hydrogen-bond donors (Lipinski definition) is 2. The van der Waals surface area contributed by atoms with Crippen LogP contribution in [-0.4, -0.2) is 66.5 Å². The van der Waals surface area contributed by atoms with Gasteiger partial charge in [-0.3, -0.25) is 23.4 Å². The predicted molar refractivity (Wildman–Crippen MR) is 288 cm³/mol. The average molecular weight is 995 g/mol. The third kappa shape index (κ3) is 48.6. The molecule has 0 amide bonds. The summed E-state index contributed by atoms with van der Waals surface area (Å²) in [4.78, 5) is 48.2. The van der Waals surface area contributed by atoms with Crippen LogP contribution in [0.15, 0.2) is 134 Å². The second kappa shape index (κ2) is 51.0. The highest BCUT2D eigenvalue weighted by atomic mass is 31.2. The van der Waals surface area contributed by atoms with E-state index in [9.17, 15) is 28.9 Å². The number of esters is 3. The van der Waals surface area contributed by atoms with Crippen molar-refractivity contribution in [3.8, 4) is 0 Å². The quantitative estimate of drug-likeness (QED) is 0.0197. The summed E-state index contributed by atoms with van der Waals surface area (Å²) in [7, 11) is -4.79. The molecule has 0 rings (SSSR count). The molecule has 3 atom stereocenters. The van der Waals surface area contributed by atoms with E-state index in [1.54, 1.807) is 0 Å². The van der Waals surface area contributed by atoms with Gasteiger partial charge in [0.1, 0.15) is 12.7 Å². The second-order valence-electron chi connectivity index (χ2n) is 16.6. The van der Waals surface area contributed by atoms with Crippen molar-refractivity contribution in [2.75, 3.05) is 26.4 Å². The van der Waals surface area contributed by atoms with Crippen LogP contribution in [0, 0.1) is 0 Å². The number of carbonyl (C=O) groups is 3. The first-order chi connectivity index (χ1) is 34.2. The summed E-state index contributed by atoms with van der Waals surface area (Å²) in [5, 5.41) is 9.76. The van der Waals surface area contributed by atoms with Crippen LogP contribution in [0.1, 0.15) is 175 Å². The van der Waals surface area contributed by atoms with E-state index in [1.807, 2.05) is 24.3 Å². The maximum absolute atomic E-state index is 12.8. The monoisotopic (exact) mass is 995 g/mol. The van der Waals surface area contributed by atoms with Crippen LogP contribution in [0.25, 0.3) is 0 Å². The third-order valence-electron chi connectivity index (χ3n) is 10.1. The normalized spacial score (nSPS) is 14.5. The van der Waals surface area contributed by atoms with Crippen molar-refractivity contribution in [2.45, 2.75) is 187 Å². The number of hydrogen-bond acceptors (Lipinski definition) is 10. The molecule has 0 spiro atoms. The molecule has 0 aliphatic rings. The van der Waals surface area contributed by atoms with Crippen molar-refractivity contribution in [1.29, 1.82) is 0 Å². The predicted octanol–water partition coefficient (Wildman–Crippen LogP) is 15.0. The van der Waals surface area contributed by atoms with Crippen molar-refractivity contribution in [2.24, 2.45) is 0 Å². The minimum Gasteiger partial charge on any atom is -0.462 e. The van der Waals surface area contributed by atoms with E-state index in [4.69, 9.17) is 23.3 Å². The summed E-state index contributed by atoms with van der Waals surface area (Å²) < 4.78 is 39.1. The molecule has 12 heteroatoms. The number of carbonyl (C=O) groups excluding carboxylic acids is 3. The number of aliphatic hydroxyl groups excluding tert-OH is 1. The Morgan fingerprint density at radius 3 is 1.23 bits per heavy atom. The molecule has 0 fully saturated rings. The third-order valence-corrected chi connectivity index (χ3v) is 11.0. The molecule has 0 aromatic heterocycles.